The lowest BCUT2D eigenvalue weighted by Gasteiger charge is -2.30. The van der Waals surface area contributed by atoms with Gasteiger partial charge in [-0.25, -0.2) is 0 Å². The van der Waals surface area contributed by atoms with E-state index in [-0.39, 0.29) is 0 Å². The Morgan fingerprint density at radius 1 is 1.19 bits per heavy atom. The average Bonchev–Trinajstić information content (AvgIpc) is 2.28. The van der Waals surface area contributed by atoms with Crippen LogP contribution < -0.4 is 5.32 Å². The van der Waals surface area contributed by atoms with Crippen molar-refractivity contribution in [3.05, 3.63) is 35.4 Å². The van der Waals surface area contributed by atoms with Gasteiger partial charge in [0, 0.05) is 12.5 Å². The van der Waals surface area contributed by atoms with Crippen LogP contribution in [0.15, 0.2) is 24.3 Å². The maximum atomic E-state index is 3.59. The minimum Gasteiger partial charge on any atom is -0.316 e. The van der Waals surface area contributed by atoms with E-state index in [4.69, 9.17) is 0 Å². The van der Waals surface area contributed by atoms with Crippen LogP contribution in [0.1, 0.15) is 49.7 Å². The van der Waals surface area contributed by atoms with Crippen LogP contribution in [0.3, 0.4) is 0 Å². The molecule has 0 spiro atoms. The second-order valence-electron chi connectivity index (χ2n) is 4.86. The first kappa shape index (κ1) is 11.7. The molecule has 0 fully saturated rings. The molecular formula is C15H23N. The van der Waals surface area contributed by atoms with Gasteiger partial charge in [0.1, 0.15) is 0 Å². The number of nitrogens with one attached hydrogen (secondary N) is 1. The molecule has 1 atom stereocenters. The topological polar surface area (TPSA) is 12.0 Å². The van der Waals surface area contributed by atoms with Crippen molar-refractivity contribution in [2.45, 2.75) is 44.9 Å². The van der Waals surface area contributed by atoms with Crippen molar-refractivity contribution in [3.63, 3.8) is 0 Å². The molecule has 0 aromatic heterocycles. The normalized spacial score (nSPS) is 17.9. The Balaban J connectivity index is 1.59. The van der Waals surface area contributed by atoms with E-state index in [1.807, 2.05) is 0 Å². The molecule has 0 bridgehead atoms. The smallest absolute Gasteiger partial charge is 0.00234 e. The molecule has 0 saturated heterocycles. The molecule has 2 rings (SSSR count). The number of unbranched alkanes of at least 4 members (excludes halogenated alkanes) is 3. The highest BCUT2D eigenvalue weighted by molar-refractivity contribution is 5.40. The van der Waals surface area contributed by atoms with E-state index in [0.717, 1.165) is 5.92 Å². The van der Waals surface area contributed by atoms with Crippen LogP contribution in [0.5, 0.6) is 0 Å². The second kappa shape index (κ2) is 6.05. The van der Waals surface area contributed by atoms with Crippen LogP contribution in [0, 0.1) is 0 Å². The average molecular weight is 217 g/mol. The first-order valence-corrected chi connectivity index (χ1v) is 6.70. The summed E-state index contributed by atoms with van der Waals surface area (Å²) in [5.41, 5.74) is 3.13. The summed E-state index contributed by atoms with van der Waals surface area (Å²) in [7, 11) is 0. The maximum absolute atomic E-state index is 3.59. The number of hydrogen-bond acceptors (Lipinski definition) is 1. The summed E-state index contributed by atoms with van der Waals surface area (Å²) in [4.78, 5) is 0. The van der Waals surface area contributed by atoms with Gasteiger partial charge in [-0.1, -0.05) is 50.5 Å². The lowest BCUT2D eigenvalue weighted by molar-refractivity contribution is 0.518. The molecule has 1 N–H and O–H groups in total. The van der Waals surface area contributed by atoms with E-state index in [9.17, 15) is 0 Å². The molecule has 1 aliphatic carbocycles. The molecule has 0 radical (unpaired) electrons. The molecule has 0 amide bonds. The zero-order valence-corrected chi connectivity index (χ0v) is 10.3. The van der Waals surface area contributed by atoms with E-state index in [0.29, 0.717) is 0 Å². The van der Waals surface area contributed by atoms with Gasteiger partial charge in [-0.2, -0.15) is 0 Å². The summed E-state index contributed by atoms with van der Waals surface area (Å²) in [5.74, 6) is 0.780. The molecular weight excluding hydrogens is 194 g/mol. The lowest BCUT2D eigenvalue weighted by atomic mass is 9.77. The molecule has 16 heavy (non-hydrogen) atoms. The van der Waals surface area contributed by atoms with Gasteiger partial charge in [-0.3, -0.25) is 0 Å². The van der Waals surface area contributed by atoms with Crippen molar-refractivity contribution < 1.29 is 0 Å². The molecule has 0 saturated carbocycles. The predicted octanol–water partition coefficient (Wildman–Crippen LogP) is 3.50. The third-order valence-electron chi connectivity index (χ3n) is 3.56. The molecule has 1 aliphatic rings. The molecule has 1 unspecified atom stereocenters. The Morgan fingerprint density at radius 2 is 2.06 bits per heavy atom. The highest BCUT2D eigenvalue weighted by atomic mass is 14.9. The Labute approximate surface area is 99.3 Å². The van der Waals surface area contributed by atoms with Crippen molar-refractivity contribution in [2.24, 2.45) is 0 Å². The van der Waals surface area contributed by atoms with E-state index in [1.165, 1.54) is 45.2 Å². The number of rotatable bonds is 7. The Morgan fingerprint density at radius 3 is 2.88 bits per heavy atom. The van der Waals surface area contributed by atoms with Crippen LogP contribution >= 0.6 is 0 Å². The SMILES string of the molecule is CCCCCCNCC1Cc2ccccc21. The van der Waals surface area contributed by atoms with Crippen molar-refractivity contribution in [2.75, 3.05) is 13.1 Å². The van der Waals surface area contributed by atoms with E-state index >= 15 is 0 Å². The van der Waals surface area contributed by atoms with Gasteiger partial charge in [0.25, 0.3) is 0 Å². The van der Waals surface area contributed by atoms with Gasteiger partial charge < -0.3 is 5.32 Å². The fraction of sp³-hybridized carbons (Fsp3) is 0.600. The Kier molecular flexibility index (Phi) is 4.41. The van der Waals surface area contributed by atoms with Crippen molar-refractivity contribution in [1.29, 1.82) is 0 Å². The van der Waals surface area contributed by atoms with Crippen molar-refractivity contribution in [1.82, 2.24) is 5.32 Å². The summed E-state index contributed by atoms with van der Waals surface area (Å²) < 4.78 is 0. The van der Waals surface area contributed by atoms with Gasteiger partial charge in [0.2, 0.25) is 0 Å². The first-order chi connectivity index (χ1) is 7.92. The summed E-state index contributed by atoms with van der Waals surface area (Å²) in [6, 6.07) is 8.84. The molecule has 1 heteroatoms. The minimum absolute atomic E-state index is 0.780. The fourth-order valence-electron chi connectivity index (χ4n) is 2.50. The van der Waals surface area contributed by atoms with E-state index in [1.54, 1.807) is 11.1 Å². The van der Waals surface area contributed by atoms with Gasteiger partial charge >= 0.3 is 0 Å². The maximum Gasteiger partial charge on any atom is 0.00234 e. The summed E-state index contributed by atoms with van der Waals surface area (Å²) >= 11 is 0. The van der Waals surface area contributed by atoms with Crippen molar-refractivity contribution in [3.8, 4) is 0 Å². The summed E-state index contributed by atoms with van der Waals surface area (Å²) in [6.45, 7) is 4.63. The van der Waals surface area contributed by atoms with Crippen LogP contribution in [-0.4, -0.2) is 13.1 Å². The fourth-order valence-corrected chi connectivity index (χ4v) is 2.50. The Bertz CT molecular complexity index is 319. The van der Waals surface area contributed by atoms with Crippen LogP contribution in [-0.2, 0) is 6.42 Å². The van der Waals surface area contributed by atoms with Gasteiger partial charge in [-0.15, -0.1) is 0 Å². The number of fused-ring (bicyclic) bond motifs is 1. The molecule has 0 aliphatic heterocycles. The molecule has 1 nitrogen and oxygen atoms in total. The highest BCUT2D eigenvalue weighted by Gasteiger charge is 2.24. The number of benzene rings is 1. The highest BCUT2D eigenvalue weighted by Crippen LogP contribution is 2.33. The zero-order chi connectivity index (χ0) is 11.2. The van der Waals surface area contributed by atoms with E-state index in [2.05, 4.69) is 36.5 Å². The predicted molar refractivity (Wildman–Crippen MR) is 69.9 cm³/mol. The molecule has 1 aromatic rings. The van der Waals surface area contributed by atoms with Crippen molar-refractivity contribution >= 4 is 0 Å². The van der Waals surface area contributed by atoms with Crippen LogP contribution in [0.2, 0.25) is 0 Å². The van der Waals surface area contributed by atoms with Gasteiger partial charge in [0.15, 0.2) is 0 Å². The Hall–Kier alpha value is -0.820. The number of hydrogen-bond donors (Lipinski definition) is 1. The lowest BCUT2D eigenvalue weighted by Crippen LogP contribution is -2.29. The largest absolute Gasteiger partial charge is 0.316 e. The first-order valence-electron chi connectivity index (χ1n) is 6.70. The summed E-state index contributed by atoms with van der Waals surface area (Å²) in [5, 5.41) is 3.59. The zero-order valence-electron chi connectivity index (χ0n) is 10.3. The molecule has 0 heterocycles. The summed E-state index contributed by atoms with van der Waals surface area (Å²) in [6.07, 6.45) is 6.70. The van der Waals surface area contributed by atoms with E-state index < -0.39 is 0 Å². The quantitative estimate of drug-likeness (QED) is 0.689. The monoisotopic (exact) mass is 217 g/mol. The molecule has 1 aromatic carbocycles. The molecule has 88 valence electrons. The second-order valence-corrected chi connectivity index (χ2v) is 4.86. The van der Waals surface area contributed by atoms with Gasteiger partial charge in [-0.05, 0) is 30.5 Å². The third kappa shape index (κ3) is 2.85. The van der Waals surface area contributed by atoms with Crippen LogP contribution in [0.25, 0.3) is 0 Å². The van der Waals surface area contributed by atoms with Crippen LogP contribution in [0.4, 0.5) is 0 Å². The standard InChI is InChI=1S/C15H23N/c1-2-3-4-7-10-16-12-14-11-13-8-5-6-9-15(13)14/h5-6,8-9,14,16H,2-4,7,10-12H2,1H3. The minimum atomic E-state index is 0.780. The van der Waals surface area contributed by atoms with Gasteiger partial charge in [0.05, 0.1) is 0 Å². The third-order valence-corrected chi connectivity index (χ3v) is 3.56.